The molecule has 1 aromatic heterocycles. The minimum absolute atomic E-state index is 0.385. The number of nitrogens with zero attached hydrogens (tertiary/aromatic N) is 5. The molecule has 26 heavy (non-hydrogen) atoms. The monoisotopic (exact) mass is 353 g/mol. The molecule has 3 aromatic rings. The van der Waals surface area contributed by atoms with E-state index >= 15 is 0 Å². The van der Waals surface area contributed by atoms with Crippen molar-refractivity contribution in [3.63, 3.8) is 0 Å². The van der Waals surface area contributed by atoms with Crippen LogP contribution in [0.5, 0.6) is 5.75 Å². The van der Waals surface area contributed by atoms with Gasteiger partial charge in [0.15, 0.2) is 0 Å². The normalized spacial score (nSPS) is 10.6. The van der Waals surface area contributed by atoms with Gasteiger partial charge in [0.1, 0.15) is 11.4 Å². The zero-order valence-electron chi connectivity index (χ0n) is 14.8. The van der Waals surface area contributed by atoms with E-state index in [-0.39, 0.29) is 0 Å². The summed E-state index contributed by atoms with van der Waals surface area (Å²) in [6.07, 6.45) is 0. The van der Waals surface area contributed by atoms with Crippen molar-refractivity contribution in [2.45, 2.75) is 13.8 Å². The number of hydrogen-bond donors (Lipinski definition) is 0. The van der Waals surface area contributed by atoms with Gasteiger partial charge in [-0.3, -0.25) is 4.90 Å². The van der Waals surface area contributed by atoms with E-state index in [4.69, 9.17) is 4.74 Å². The lowest BCUT2D eigenvalue weighted by Gasteiger charge is -2.19. The van der Waals surface area contributed by atoms with Gasteiger partial charge in [0.05, 0.1) is 7.11 Å². The molecule has 0 aliphatic heterocycles. The third kappa shape index (κ3) is 3.08. The fraction of sp³-hybridized carbons (Fsp3) is 0.222. The van der Waals surface area contributed by atoms with Crippen LogP contribution in [0.4, 0.5) is 10.5 Å². The summed E-state index contributed by atoms with van der Waals surface area (Å²) in [5.74, 6) is 0.458. The van der Waals surface area contributed by atoms with Crippen LogP contribution in [0.1, 0.15) is 12.5 Å². The Bertz CT molecular complexity index is 975. The Hall–Kier alpha value is -3.42. The van der Waals surface area contributed by atoms with Crippen molar-refractivity contribution in [1.29, 1.82) is 0 Å². The summed E-state index contributed by atoms with van der Waals surface area (Å²) in [7, 11) is 1.50. The van der Waals surface area contributed by atoms with E-state index in [0.717, 1.165) is 14.9 Å². The molecule has 1 amide bonds. The molecule has 0 aliphatic carbocycles. The zero-order valence-corrected chi connectivity index (χ0v) is 14.8. The summed E-state index contributed by atoms with van der Waals surface area (Å²) in [6, 6.07) is 13.8. The molecule has 2 aromatic carbocycles. The summed E-state index contributed by atoms with van der Waals surface area (Å²) in [4.78, 5) is 27.0. The Morgan fingerprint density at radius 3 is 2.46 bits per heavy atom. The molecule has 134 valence electrons. The topological polar surface area (TPSA) is 82.2 Å². The molecule has 1 heterocycles. The third-order valence-electron chi connectivity index (χ3n) is 3.97. The second kappa shape index (κ2) is 7.22. The molecule has 0 spiro atoms. The highest BCUT2D eigenvalue weighted by Gasteiger charge is 2.22. The van der Waals surface area contributed by atoms with Crippen LogP contribution in [0.3, 0.4) is 0 Å². The Labute approximate surface area is 150 Å². The molecule has 0 fully saturated rings. The number of aromatic nitrogens is 4. The number of hydrogen-bond acceptors (Lipinski definition) is 5. The lowest BCUT2D eigenvalue weighted by atomic mass is 10.2. The number of anilines is 1. The first-order chi connectivity index (χ1) is 12.6. The fourth-order valence-electron chi connectivity index (χ4n) is 2.59. The lowest BCUT2D eigenvalue weighted by Crippen LogP contribution is -2.41. The maximum Gasteiger partial charge on any atom is 0.377 e. The smallest absolute Gasteiger partial charge is 0.377 e. The van der Waals surface area contributed by atoms with Gasteiger partial charge < -0.3 is 4.74 Å². The van der Waals surface area contributed by atoms with Gasteiger partial charge in [0.25, 0.3) is 0 Å². The minimum atomic E-state index is -0.662. The molecular weight excluding hydrogens is 334 g/mol. The summed E-state index contributed by atoms with van der Waals surface area (Å²) in [6.45, 7) is 4.18. The average molecular weight is 353 g/mol. The molecular formula is C18H19N5O3. The van der Waals surface area contributed by atoms with Crippen LogP contribution in [0.2, 0.25) is 0 Å². The number of methoxy groups -OCH3 is 1. The highest BCUT2D eigenvalue weighted by molar-refractivity contribution is 5.92. The van der Waals surface area contributed by atoms with Gasteiger partial charge in [-0.1, -0.05) is 29.8 Å². The van der Waals surface area contributed by atoms with Crippen molar-refractivity contribution in [2.75, 3.05) is 18.6 Å². The van der Waals surface area contributed by atoms with E-state index in [1.165, 1.54) is 12.0 Å². The van der Waals surface area contributed by atoms with Crippen LogP contribution in [-0.4, -0.2) is 39.5 Å². The molecule has 0 N–H and O–H groups in total. The number of tetrazole rings is 1. The first-order valence-electron chi connectivity index (χ1n) is 8.13. The quantitative estimate of drug-likeness (QED) is 0.672. The number of ether oxygens (including phenoxy) is 1. The zero-order chi connectivity index (χ0) is 18.7. The van der Waals surface area contributed by atoms with Crippen LogP contribution >= 0.6 is 0 Å². The molecule has 0 aliphatic rings. The van der Waals surface area contributed by atoms with Gasteiger partial charge in [-0.05, 0) is 48.5 Å². The molecule has 0 atom stereocenters. The van der Waals surface area contributed by atoms with Crippen LogP contribution in [0.15, 0.2) is 53.3 Å². The highest BCUT2D eigenvalue weighted by atomic mass is 16.5. The van der Waals surface area contributed by atoms with Crippen LogP contribution in [0, 0.1) is 6.92 Å². The Morgan fingerprint density at radius 2 is 1.81 bits per heavy atom. The summed E-state index contributed by atoms with van der Waals surface area (Å²) < 4.78 is 7.03. The average Bonchev–Trinajstić information content (AvgIpc) is 3.05. The summed E-state index contributed by atoms with van der Waals surface area (Å²) in [5.41, 5.74) is 1.51. The third-order valence-corrected chi connectivity index (χ3v) is 3.97. The predicted octanol–water partition coefficient (Wildman–Crippen LogP) is 2.24. The molecule has 0 unspecified atom stereocenters. The number of rotatable bonds is 4. The lowest BCUT2D eigenvalue weighted by molar-refractivity contribution is 0.244. The summed E-state index contributed by atoms with van der Waals surface area (Å²) >= 11 is 0. The standard InChI is InChI=1S/C18H19N5O3/c1-4-21(14-11-9-13(2)10-12-14)17(24)23-18(25)22(19-20-23)15-7-5-6-8-16(15)26-3/h5-12H,4H2,1-3H3. The van der Waals surface area contributed by atoms with Crippen LogP contribution < -0.4 is 15.3 Å². The van der Waals surface area contributed by atoms with Crippen LogP contribution in [0.25, 0.3) is 5.69 Å². The minimum Gasteiger partial charge on any atom is -0.494 e. The molecule has 0 bridgehead atoms. The van der Waals surface area contributed by atoms with Crippen molar-refractivity contribution in [3.8, 4) is 11.4 Å². The van der Waals surface area contributed by atoms with Crippen molar-refractivity contribution >= 4 is 11.7 Å². The molecule has 0 saturated heterocycles. The maximum absolute atomic E-state index is 12.8. The second-order valence-electron chi connectivity index (χ2n) is 5.62. The largest absolute Gasteiger partial charge is 0.494 e. The second-order valence-corrected chi connectivity index (χ2v) is 5.62. The summed E-state index contributed by atoms with van der Waals surface area (Å²) in [5, 5.41) is 7.58. The van der Waals surface area contributed by atoms with E-state index in [1.807, 2.05) is 38.1 Å². The first kappa shape index (κ1) is 17.4. The Kier molecular flexibility index (Phi) is 4.83. The Balaban J connectivity index is 2.00. The number of amides is 1. The van der Waals surface area contributed by atoms with Gasteiger partial charge in [-0.2, -0.15) is 4.68 Å². The maximum atomic E-state index is 12.8. The molecule has 3 rings (SSSR count). The number of aryl methyl sites for hydroxylation is 1. The van der Waals surface area contributed by atoms with Gasteiger partial charge in [-0.15, -0.1) is 4.68 Å². The number of carbonyl (C=O) groups excluding carboxylic acids is 1. The SMILES string of the molecule is CCN(C(=O)n1nnn(-c2ccccc2OC)c1=O)c1ccc(C)cc1. The molecule has 0 radical (unpaired) electrons. The van der Waals surface area contributed by atoms with E-state index in [9.17, 15) is 9.59 Å². The van der Waals surface area contributed by atoms with E-state index < -0.39 is 11.7 Å². The molecule has 0 saturated carbocycles. The number of carbonyl (C=O) groups is 1. The van der Waals surface area contributed by atoms with E-state index in [1.54, 1.807) is 24.3 Å². The number of para-hydroxylation sites is 2. The number of benzene rings is 2. The molecule has 8 nitrogen and oxygen atoms in total. The predicted molar refractivity (Wildman–Crippen MR) is 97.2 cm³/mol. The van der Waals surface area contributed by atoms with Crippen LogP contribution in [-0.2, 0) is 0 Å². The van der Waals surface area contributed by atoms with Gasteiger partial charge in [-0.25, -0.2) is 9.59 Å². The van der Waals surface area contributed by atoms with Gasteiger partial charge in [0.2, 0.25) is 0 Å². The Morgan fingerprint density at radius 1 is 1.12 bits per heavy atom. The van der Waals surface area contributed by atoms with E-state index in [0.29, 0.717) is 23.7 Å². The molecule has 8 heteroatoms. The van der Waals surface area contributed by atoms with Gasteiger partial charge in [0, 0.05) is 12.2 Å². The van der Waals surface area contributed by atoms with Crippen molar-refractivity contribution in [2.24, 2.45) is 0 Å². The highest BCUT2D eigenvalue weighted by Crippen LogP contribution is 2.19. The van der Waals surface area contributed by atoms with Crippen molar-refractivity contribution in [3.05, 3.63) is 64.6 Å². The fourth-order valence-corrected chi connectivity index (χ4v) is 2.59. The van der Waals surface area contributed by atoms with E-state index in [2.05, 4.69) is 10.4 Å². The van der Waals surface area contributed by atoms with Gasteiger partial charge >= 0.3 is 11.7 Å². The first-order valence-corrected chi connectivity index (χ1v) is 8.13. The van der Waals surface area contributed by atoms with Crippen molar-refractivity contribution < 1.29 is 9.53 Å². The van der Waals surface area contributed by atoms with Crippen molar-refractivity contribution in [1.82, 2.24) is 19.8 Å².